The highest BCUT2D eigenvalue weighted by atomic mass is 27.0. The molecule has 2 rings (SSSR count). The van der Waals surface area contributed by atoms with Crippen LogP contribution in [0.5, 0.6) is 0 Å². The van der Waals surface area contributed by atoms with Gasteiger partial charge in [-0.05, 0) is 0 Å². The first-order chi connectivity index (χ1) is 11.2. The molecule has 0 aliphatic heterocycles. The standard InChI is InChI=1S/2C11H16N.4CH3.2Al/c2*1-11(2,3)9-12-10-7-5-4-6-8-10;;;;;;/h2*4-8H,9H2,1-3H3;4*1H3;;/q6*-1;;. The van der Waals surface area contributed by atoms with Crippen LogP contribution in [0.3, 0.4) is 0 Å². The van der Waals surface area contributed by atoms with Gasteiger partial charge in [0, 0.05) is 34.7 Å². The molecule has 2 aromatic carbocycles. The Balaban J connectivity index is -0.0000000800. The average molecular weight is 439 g/mol. The van der Waals surface area contributed by atoms with E-state index >= 15 is 0 Å². The molecule has 0 saturated heterocycles. The summed E-state index contributed by atoms with van der Waals surface area (Å²) >= 11 is 0. The van der Waals surface area contributed by atoms with Crippen LogP contribution in [0, 0.1) is 40.5 Å². The summed E-state index contributed by atoms with van der Waals surface area (Å²) in [6, 6.07) is 20.2. The molecule has 2 aromatic rings. The Hall–Kier alpha value is -0.895. The minimum absolute atomic E-state index is 0. The molecule has 0 N–H and O–H groups in total. The maximum atomic E-state index is 4.48. The maximum absolute atomic E-state index is 4.48. The Morgan fingerprint density at radius 2 is 0.733 bits per heavy atom. The van der Waals surface area contributed by atoms with Gasteiger partial charge in [0.15, 0.2) is 0 Å². The summed E-state index contributed by atoms with van der Waals surface area (Å²) in [4.78, 5) is 0. The smallest absolute Gasteiger partial charge is 0 e. The normalized spacial score (nSPS) is 9.00. The monoisotopic (exact) mass is 438 g/mol. The number of rotatable bonds is 4. The van der Waals surface area contributed by atoms with Gasteiger partial charge in [-0.1, -0.05) is 113 Å². The molecular formula is C26H44Al2N2-6. The van der Waals surface area contributed by atoms with E-state index in [9.17, 15) is 0 Å². The lowest BCUT2D eigenvalue weighted by Gasteiger charge is -2.30. The molecule has 0 aliphatic carbocycles. The van der Waals surface area contributed by atoms with Crippen LogP contribution in [0.25, 0.3) is 10.6 Å². The van der Waals surface area contributed by atoms with E-state index in [4.69, 9.17) is 0 Å². The molecule has 0 heterocycles. The molecule has 0 spiro atoms. The third-order valence-corrected chi connectivity index (χ3v) is 2.98. The van der Waals surface area contributed by atoms with Gasteiger partial charge in [-0.15, -0.1) is 24.5 Å². The second-order valence-electron chi connectivity index (χ2n) is 8.42. The van der Waals surface area contributed by atoms with Crippen molar-refractivity contribution in [2.45, 2.75) is 41.5 Å². The van der Waals surface area contributed by atoms with E-state index in [0.717, 1.165) is 24.5 Å². The summed E-state index contributed by atoms with van der Waals surface area (Å²) in [7, 11) is 0. The van der Waals surface area contributed by atoms with Gasteiger partial charge in [0.2, 0.25) is 0 Å². The average Bonchev–Trinajstić information content (AvgIpc) is 2.52. The van der Waals surface area contributed by atoms with Crippen molar-refractivity contribution in [3.8, 4) is 0 Å². The van der Waals surface area contributed by atoms with Crippen LogP contribution in [-0.2, 0) is 0 Å². The minimum atomic E-state index is 0. The van der Waals surface area contributed by atoms with E-state index in [0.29, 0.717) is 0 Å². The fourth-order valence-electron chi connectivity index (χ4n) is 1.72. The van der Waals surface area contributed by atoms with Crippen molar-refractivity contribution in [1.29, 1.82) is 0 Å². The SMILES string of the molecule is CC(C)(C)C[N-]c1ccccc1.CC(C)(C)C[N-]c1ccccc1.[Al].[Al].[CH3-].[CH3-].[CH3-].[CH3-]. The minimum Gasteiger partial charge on any atom is -0.684 e. The van der Waals surface area contributed by atoms with E-state index < -0.39 is 0 Å². The van der Waals surface area contributed by atoms with Crippen LogP contribution in [0.4, 0.5) is 11.4 Å². The van der Waals surface area contributed by atoms with Crippen molar-refractivity contribution >= 4 is 46.1 Å². The van der Waals surface area contributed by atoms with Crippen molar-refractivity contribution in [1.82, 2.24) is 0 Å². The molecule has 0 aliphatic rings. The summed E-state index contributed by atoms with van der Waals surface area (Å²) in [5.74, 6) is 0. The predicted octanol–water partition coefficient (Wildman–Crippen LogP) is 8.52. The van der Waals surface area contributed by atoms with Gasteiger partial charge in [-0.3, -0.25) is 0 Å². The van der Waals surface area contributed by atoms with Gasteiger partial charge < -0.3 is 40.3 Å². The number of nitrogens with zero attached hydrogens (tertiary/aromatic N) is 2. The molecule has 30 heavy (non-hydrogen) atoms. The van der Waals surface area contributed by atoms with Crippen LogP contribution in [0.15, 0.2) is 60.7 Å². The Morgan fingerprint density at radius 1 is 0.500 bits per heavy atom. The Morgan fingerprint density at radius 3 is 0.933 bits per heavy atom. The van der Waals surface area contributed by atoms with Crippen molar-refractivity contribution in [3.63, 3.8) is 0 Å². The van der Waals surface area contributed by atoms with Gasteiger partial charge in [0.1, 0.15) is 0 Å². The van der Waals surface area contributed by atoms with Crippen LogP contribution >= 0.6 is 0 Å². The highest BCUT2D eigenvalue weighted by Gasteiger charge is 2.02. The van der Waals surface area contributed by atoms with E-state index in [2.05, 4.69) is 52.2 Å². The molecule has 6 radical (unpaired) electrons. The molecule has 0 atom stereocenters. The molecule has 0 fully saturated rings. The van der Waals surface area contributed by atoms with Gasteiger partial charge in [-0.2, -0.15) is 0 Å². The van der Waals surface area contributed by atoms with Crippen molar-refractivity contribution in [2.24, 2.45) is 10.8 Å². The Labute approximate surface area is 211 Å². The van der Waals surface area contributed by atoms with Gasteiger partial charge in [0.05, 0.1) is 0 Å². The zero-order valence-electron chi connectivity index (χ0n) is 21.2. The van der Waals surface area contributed by atoms with E-state index in [1.165, 1.54) is 0 Å². The lowest BCUT2D eigenvalue weighted by Crippen LogP contribution is -2.09. The van der Waals surface area contributed by atoms with E-state index in [1.807, 2.05) is 60.7 Å². The lowest BCUT2D eigenvalue weighted by atomic mass is 9.97. The highest BCUT2D eigenvalue weighted by Crippen LogP contribution is 2.24. The van der Waals surface area contributed by atoms with Gasteiger partial charge in [-0.25, -0.2) is 0 Å². The van der Waals surface area contributed by atoms with Crippen LogP contribution in [-0.4, -0.2) is 47.8 Å². The molecular weight excluding hydrogens is 394 g/mol. The van der Waals surface area contributed by atoms with Crippen LogP contribution < -0.4 is 0 Å². The molecule has 4 heteroatoms. The Kier molecular flexibility index (Phi) is 30.6. The third kappa shape index (κ3) is 25.1. The van der Waals surface area contributed by atoms with E-state index in [-0.39, 0.29) is 75.3 Å². The number of benzene rings is 2. The maximum Gasteiger partial charge on any atom is 0 e. The largest absolute Gasteiger partial charge is 0.684 e. The molecule has 2 nitrogen and oxygen atoms in total. The quantitative estimate of drug-likeness (QED) is 0.338. The van der Waals surface area contributed by atoms with Crippen molar-refractivity contribution < 1.29 is 0 Å². The van der Waals surface area contributed by atoms with E-state index in [1.54, 1.807) is 0 Å². The molecule has 0 aromatic heterocycles. The summed E-state index contributed by atoms with van der Waals surface area (Å²) in [6.45, 7) is 14.9. The zero-order chi connectivity index (χ0) is 18.1. The van der Waals surface area contributed by atoms with Crippen LogP contribution in [0.2, 0.25) is 0 Å². The zero-order valence-corrected chi connectivity index (χ0v) is 23.5. The summed E-state index contributed by atoms with van der Waals surface area (Å²) < 4.78 is 0. The lowest BCUT2D eigenvalue weighted by molar-refractivity contribution is 0.451. The second-order valence-corrected chi connectivity index (χ2v) is 8.42. The summed E-state index contributed by atoms with van der Waals surface area (Å²) in [5.41, 5.74) is 2.73. The molecule has 0 saturated carbocycles. The summed E-state index contributed by atoms with van der Waals surface area (Å²) in [5, 5.41) is 8.96. The van der Waals surface area contributed by atoms with Crippen LogP contribution in [0.1, 0.15) is 41.5 Å². The molecule has 0 bridgehead atoms. The number of hydrogen-bond donors (Lipinski definition) is 0. The second kappa shape index (κ2) is 21.3. The van der Waals surface area contributed by atoms with Crippen molar-refractivity contribution in [3.05, 3.63) is 101 Å². The Bertz CT molecular complexity index is 506. The first-order valence-corrected chi connectivity index (χ1v) is 8.61. The fourth-order valence-corrected chi connectivity index (χ4v) is 1.72. The van der Waals surface area contributed by atoms with Gasteiger partial charge in [0.25, 0.3) is 0 Å². The van der Waals surface area contributed by atoms with Gasteiger partial charge >= 0.3 is 0 Å². The first kappa shape index (κ1) is 43.1. The fraction of sp³-hybridized carbons (Fsp3) is 0.385. The molecule has 170 valence electrons. The molecule has 0 unspecified atom stereocenters. The topological polar surface area (TPSA) is 28.2 Å². The first-order valence-electron chi connectivity index (χ1n) is 8.61. The van der Waals surface area contributed by atoms with Crippen molar-refractivity contribution in [2.75, 3.05) is 13.1 Å². The molecule has 0 amide bonds. The number of hydrogen-bond acceptors (Lipinski definition) is 0. The number of para-hydroxylation sites is 2. The predicted molar refractivity (Wildman–Crippen MR) is 145 cm³/mol. The highest BCUT2D eigenvalue weighted by molar-refractivity contribution is 5.76. The summed E-state index contributed by atoms with van der Waals surface area (Å²) in [6.07, 6.45) is 0. The third-order valence-electron chi connectivity index (χ3n) is 2.98.